The predicted octanol–water partition coefficient (Wildman–Crippen LogP) is 2.69. The number of carboxylic acid groups (broad SMARTS) is 1. The van der Waals surface area contributed by atoms with Crippen LogP contribution in [0.4, 0.5) is 26.3 Å². The van der Waals surface area contributed by atoms with Crippen molar-refractivity contribution < 1.29 is 41.0 Å². The minimum Gasteiger partial charge on any atom is -0.481 e. The van der Waals surface area contributed by atoms with Crippen LogP contribution >= 0.6 is 0 Å². The molecule has 1 saturated heterocycles. The molecule has 0 aromatic heterocycles. The number of hydrogen-bond donors (Lipinski definition) is 1. The number of amides is 1. The maximum absolute atomic E-state index is 13.0. The number of halogens is 6. The average Bonchev–Trinajstić information content (AvgIpc) is 2.71. The maximum Gasteiger partial charge on any atom is 0.404 e. The summed E-state index contributed by atoms with van der Waals surface area (Å²) in [5.41, 5.74) is -4.93. The van der Waals surface area contributed by atoms with Gasteiger partial charge in [0.15, 0.2) is 5.41 Å². The van der Waals surface area contributed by atoms with Crippen LogP contribution in [0.15, 0.2) is 0 Å². The summed E-state index contributed by atoms with van der Waals surface area (Å²) in [7, 11) is 0. The van der Waals surface area contributed by atoms with Crippen LogP contribution in [0.25, 0.3) is 0 Å². The molecule has 0 spiro atoms. The van der Waals surface area contributed by atoms with Gasteiger partial charge in [0, 0.05) is 13.1 Å². The third-order valence-electron chi connectivity index (χ3n) is 5.03. The Morgan fingerprint density at radius 3 is 1.83 bits per heavy atom. The van der Waals surface area contributed by atoms with Crippen molar-refractivity contribution in [2.24, 2.45) is 22.7 Å². The van der Waals surface area contributed by atoms with Crippen molar-refractivity contribution in [1.29, 1.82) is 0 Å². The summed E-state index contributed by atoms with van der Waals surface area (Å²) in [6.45, 7) is 0.685. The lowest BCUT2D eigenvalue weighted by atomic mass is 9.85. The summed E-state index contributed by atoms with van der Waals surface area (Å²) in [4.78, 5) is 23.7. The van der Waals surface area contributed by atoms with Crippen molar-refractivity contribution >= 4 is 11.9 Å². The van der Waals surface area contributed by atoms with Gasteiger partial charge in [-0.3, -0.25) is 9.59 Å². The Hall–Kier alpha value is -1.48. The molecule has 2 atom stereocenters. The fourth-order valence-electron chi connectivity index (χ4n) is 3.38. The van der Waals surface area contributed by atoms with E-state index in [1.54, 1.807) is 0 Å². The third kappa shape index (κ3) is 2.46. The van der Waals surface area contributed by atoms with E-state index in [9.17, 15) is 35.9 Å². The van der Waals surface area contributed by atoms with Crippen molar-refractivity contribution in [3.63, 3.8) is 0 Å². The zero-order chi connectivity index (χ0) is 18.0. The summed E-state index contributed by atoms with van der Waals surface area (Å²) in [5.74, 6) is -4.44. The van der Waals surface area contributed by atoms with E-state index in [-0.39, 0.29) is 0 Å². The number of carbonyl (C=O) groups excluding carboxylic acids is 1. The molecule has 1 heterocycles. The first-order chi connectivity index (χ1) is 10.2. The lowest BCUT2D eigenvalue weighted by molar-refractivity contribution is -0.334. The first-order valence-electron chi connectivity index (χ1n) is 6.82. The van der Waals surface area contributed by atoms with E-state index in [4.69, 9.17) is 5.11 Å². The predicted molar refractivity (Wildman–Crippen MR) is 64.1 cm³/mol. The number of nitrogens with zero attached hydrogens (tertiary/aromatic N) is 1. The molecule has 2 fully saturated rings. The highest BCUT2D eigenvalue weighted by Gasteiger charge is 2.74. The average molecular weight is 347 g/mol. The Labute approximate surface area is 127 Å². The van der Waals surface area contributed by atoms with Crippen LogP contribution in [0.5, 0.6) is 0 Å². The van der Waals surface area contributed by atoms with Gasteiger partial charge in [0.1, 0.15) is 0 Å². The Morgan fingerprint density at radius 2 is 1.52 bits per heavy atom. The van der Waals surface area contributed by atoms with Gasteiger partial charge in [0.25, 0.3) is 0 Å². The highest BCUT2D eigenvalue weighted by molar-refractivity contribution is 5.91. The van der Waals surface area contributed by atoms with Crippen LogP contribution in [-0.4, -0.2) is 47.3 Å². The topological polar surface area (TPSA) is 57.6 Å². The lowest BCUT2D eigenvalue weighted by Gasteiger charge is -2.33. The van der Waals surface area contributed by atoms with E-state index in [1.165, 1.54) is 13.8 Å². The Balaban J connectivity index is 2.23. The maximum atomic E-state index is 13.0. The van der Waals surface area contributed by atoms with Crippen LogP contribution < -0.4 is 0 Å². The second kappa shape index (κ2) is 4.76. The Morgan fingerprint density at radius 1 is 1.04 bits per heavy atom. The van der Waals surface area contributed by atoms with Gasteiger partial charge in [-0.2, -0.15) is 26.3 Å². The van der Waals surface area contributed by atoms with Gasteiger partial charge < -0.3 is 10.0 Å². The van der Waals surface area contributed by atoms with Gasteiger partial charge in [-0.1, -0.05) is 13.8 Å². The van der Waals surface area contributed by atoms with Crippen LogP contribution in [-0.2, 0) is 9.59 Å². The zero-order valence-electron chi connectivity index (χ0n) is 12.3. The molecular weight excluding hydrogens is 332 g/mol. The first kappa shape index (κ1) is 17.9. The number of aliphatic carboxylic acids is 1. The molecule has 1 N–H and O–H groups in total. The van der Waals surface area contributed by atoms with Gasteiger partial charge in [0.2, 0.25) is 5.91 Å². The normalized spacial score (nSPS) is 29.5. The van der Waals surface area contributed by atoms with E-state index in [0.29, 0.717) is 4.90 Å². The minimum absolute atomic E-state index is 0.496. The molecule has 1 aliphatic carbocycles. The molecule has 0 bridgehead atoms. The van der Waals surface area contributed by atoms with Gasteiger partial charge in [-0.05, 0) is 11.8 Å². The van der Waals surface area contributed by atoms with Crippen molar-refractivity contribution in [1.82, 2.24) is 4.90 Å². The van der Waals surface area contributed by atoms with Crippen LogP contribution in [0.2, 0.25) is 0 Å². The molecule has 0 aromatic carbocycles. The summed E-state index contributed by atoms with van der Waals surface area (Å²) in [5, 5.41) is 8.98. The Kier molecular flexibility index (Phi) is 3.70. The summed E-state index contributed by atoms with van der Waals surface area (Å²) >= 11 is 0. The smallest absolute Gasteiger partial charge is 0.404 e. The fraction of sp³-hybridized carbons (Fsp3) is 0.846. The van der Waals surface area contributed by atoms with E-state index >= 15 is 0 Å². The second-order valence-corrected chi connectivity index (χ2v) is 6.70. The van der Waals surface area contributed by atoms with Gasteiger partial charge in [0.05, 0.1) is 11.8 Å². The van der Waals surface area contributed by atoms with Gasteiger partial charge in [-0.25, -0.2) is 0 Å². The van der Waals surface area contributed by atoms with Crippen molar-refractivity contribution in [2.45, 2.75) is 32.6 Å². The van der Waals surface area contributed by atoms with E-state index in [2.05, 4.69) is 0 Å². The monoisotopic (exact) mass is 347 g/mol. The largest absolute Gasteiger partial charge is 0.481 e. The molecule has 23 heavy (non-hydrogen) atoms. The number of likely N-dealkylation sites (tertiary alicyclic amines) is 1. The third-order valence-corrected chi connectivity index (χ3v) is 5.03. The molecule has 132 valence electrons. The quantitative estimate of drug-likeness (QED) is 0.782. The molecule has 1 aliphatic heterocycles. The molecule has 1 saturated carbocycles. The Bertz CT molecular complexity index is 525. The molecule has 2 aliphatic rings. The standard InChI is InChI=1S/C13H15F6NO3/c1-10(2)6(7(10)9(22)23)8(21)20-4-3-11(5-20,12(14,15)16)13(17,18)19/h6-7H,3-5H2,1-2H3,(H,22,23)/t6-,7+/m1/s1. The van der Waals surface area contributed by atoms with Crippen molar-refractivity contribution in [3.05, 3.63) is 0 Å². The minimum atomic E-state index is -5.54. The van der Waals surface area contributed by atoms with E-state index < -0.39 is 66.4 Å². The summed E-state index contributed by atoms with van der Waals surface area (Å²) in [6.07, 6.45) is -12.3. The van der Waals surface area contributed by atoms with E-state index in [0.717, 1.165) is 0 Å². The number of alkyl halides is 6. The number of carbonyl (C=O) groups is 2. The van der Waals surface area contributed by atoms with Crippen molar-refractivity contribution in [3.8, 4) is 0 Å². The lowest BCUT2D eigenvalue weighted by Crippen LogP contribution is -2.52. The second-order valence-electron chi connectivity index (χ2n) is 6.70. The number of rotatable bonds is 2. The molecule has 2 rings (SSSR count). The number of carboxylic acids is 1. The first-order valence-corrected chi connectivity index (χ1v) is 6.82. The number of hydrogen-bond acceptors (Lipinski definition) is 2. The van der Waals surface area contributed by atoms with Gasteiger partial charge in [-0.15, -0.1) is 0 Å². The van der Waals surface area contributed by atoms with Gasteiger partial charge >= 0.3 is 18.3 Å². The highest BCUT2D eigenvalue weighted by atomic mass is 19.4. The molecule has 0 aromatic rings. The SMILES string of the molecule is CC1(C)[C@H](C(=O)O)[C@@H]1C(=O)N1CCC(C(F)(F)F)(C(F)(F)F)C1. The van der Waals surface area contributed by atoms with Crippen LogP contribution in [0.1, 0.15) is 20.3 Å². The summed E-state index contributed by atoms with van der Waals surface area (Å²) < 4.78 is 77.8. The van der Waals surface area contributed by atoms with Crippen LogP contribution in [0.3, 0.4) is 0 Å². The molecule has 10 heteroatoms. The van der Waals surface area contributed by atoms with Crippen molar-refractivity contribution in [2.75, 3.05) is 13.1 Å². The molecule has 0 radical (unpaired) electrons. The van der Waals surface area contributed by atoms with E-state index in [1.807, 2.05) is 0 Å². The van der Waals surface area contributed by atoms with Crippen LogP contribution in [0, 0.1) is 22.7 Å². The molecule has 1 amide bonds. The summed E-state index contributed by atoms with van der Waals surface area (Å²) in [6, 6.07) is 0. The highest BCUT2D eigenvalue weighted by Crippen LogP contribution is 2.61. The molecule has 0 unspecified atom stereocenters. The fourth-order valence-corrected chi connectivity index (χ4v) is 3.38. The molecule has 4 nitrogen and oxygen atoms in total. The zero-order valence-corrected chi connectivity index (χ0v) is 12.3. The molecular formula is C13H15F6NO3.